The van der Waals surface area contributed by atoms with Crippen molar-refractivity contribution in [1.29, 1.82) is 0 Å². The monoisotopic (exact) mass is 197 g/mol. The largest absolute Gasteiger partial charge is 0.330 e. The van der Waals surface area contributed by atoms with Crippen molar-refractivity contribution in [1.82, 2.24) is 0 Å². The zero-order chi connectivity index (χ0) is 8.74. The topological polar surface area (TPSA) is 60.2 Å². The van der Waals surface area contributed by atoms with Crippen LogP contribution in [-0.2, 0) is 9.84 Å². The molecule has 0 aromatic heterocycles. The zero-order valence-corrected chi connectivity index (χ0v) is 8.38. The van der Waals surface area contributed by atoms with E-state index in [9.17, 15) is 8.42 Å². The second-order valence-corrected chi connectivity index (χ2v) is 5.87. The molecule has 0 aromatic carbocycles. The van der Waals surface area contributed by atoms with Gasteiger partial charge in [0, 0.05) is 12.0 Å². The molecular formula is C6H15NO2S2. The van der Waals surface area contributed by atoms with Crippen molar-refractivity contribution in [3.63, 3.8) is 0 Å². The fraction of sp³-hybridized carbons (Fsp3) is 1.00. The van der Waals surface area contributed by atoms with E-state index in [1.807, 2.05) is 0 Å². The van der Waals surface area contributed by atoms with Crippen LogP contribution in [0, 0.1) is 0 Å². The lowest BCUT2D eigenvalue weighted by Gasteiger charge is -1.97. The lowest BCUT2D eigenvalue weighted by atomic mass is 10.5. The van der Waals surface area contributed by atoms with E-state index in [0.717, 1.165) is 12.2 Å². The van der Waals surface area contributed by atoms with Crippen LogP contribution >= 0.6 is 11.8 Å². The van der Waals surface area contributed by atoms with Gasteiger partial charge in [0.1, 0.15) is 9.84 Å². The summed E-state index contributed by atoms with van der Waals surface area (Å²) in [6.45, 7) is 0.686. The zero-order valence-electron chi connectivity index (χ0n) is 6.75. The second-order valence-electron chi connectivity index (χ2n) is 2.38. The molecule has 68 valence electrons. The van der Waals surface area contributed by atoms with Crippen molar-refractivity contribution in [2.45, 2.75) is 6.42 Å². The summed E-state index contributed by atoms with van der Waals surface area (Å²) >= 11 is 1.65. The van der Waals surface area contributed by atoms with E-state index in [2.05, 4.69) is 0 Å². The van der Waals surface area contributed by atoms with Crippen LogP contribution < -0.4 is 5.73 Å². The van der Waals surface area contributed by atoms with Gasteiger partial charge in [-0.1, -0.05) is 0 Å². The number of sulfone groups is 1. The van der Waals surface area contributed by atoms with Gasteiger partial charge in [0.15, 0.2) is 0 Å². The van der Waals surface area contributed by atoms with Crippen LogP contribution in [0.3, 0.4) is 0 Å². The van der Waals surface area contributed by atoms with Gasteiger partial charge in [-0.2, -0.15) is 11.8 Å². The average Bonchev–Trinajstić information content (AvgIpc) is 1.85. The Balaban J connectivity index is 3.16. The molecule has 0 radical (unpaired) electrons. The Hall–Kier alpha value is 0.260. The molecule has 0 rings (SSSR count). The first-order valence-electron chi connectivity index (χ1n) is 3.52. The fourth-order valence-electron chi connectivity index (χ4n) is 0.498. The summed E-state index contributed by atoms with van der Waals surface area (Å²) in [7, 11) is -2.76. The van der Waals surface area contributed by atoms with Crippen LogP contribution in [0.4, 0.5) is 0 Å². The summed E-state index contributed by atoms with van der Waals surface area (Å²) in [5.41, 5.74) is 5.26. The summed E-state index contributed by atoms with van der Waals surface area (Å²) in [5.74, 6) is 1.94. The molecule has 0 bridgehead atoms. The molecule has 0 aromatic rings. The van der Waals surface area contributed by atoms with Crippen molar-refractivity contribution < 1.29 is 8.42 Å². The minimum Gasteiger partial charge on any atom is -0.330 e. The van der Waals surface area contributed by atoms with Crippen molar-refractivity contribution in [3.8, 4) is 0 Å². The van der Waals surface area contributed by atoms with Gasteiger partial charge in [0.25, 0.3) is 0 Å². The highest BCUT2D eigenvalue weighted by Gasteiger charge is 2.00. The molecule has 0 aliphatic heterocycles. The molecule has 0 atom stereocenters. The molecule has 0 heterocycles. The van der Waals surface area contributed by atoms with Gasteiger partial charge < -0.3 is 5.73 Å². The minimum absolute atomic E-state index is 0.280. The maximum Gasteiger partial charge on any atom is 0.148 e. The molecule has 2 N–H and O–H groups in total. The molecule has 0 saturated carbocycles. The second kappa shape index (κ2) is 5.85. The van der Waals surface area contributed by atoms with Gasteiger partial charge in [-0.05, 0) is 18.7 Å². The highest BCUT2D eigenvalue weighted by atomic mass is 32.2. The third-order valence-corrected chi connectivity index (χ3v) is 3.37. The molecule has 3 nitrogen and oxygen atoms in total. The molecular weight excluding hydrogens is 182 g/mol. The average molecular weight is 197 g/mol. The quantitative estimate of drug-likeness (QED) is 0.614. The minimum atomic E-state index is -2.76. The van der Waals surface area contributed by atoms with Crippen molar-refractivity contribution in [2.75, 3.05) is 30.1 Å². The number of rotatable bonds is 6. The molecule has 0 spiro atoms. The van der Waals surface area contributed by atoms with Crippen LogP contribution in [0.15, 0.2) is 0 Å². The summed E-state index contributed by atoms with van der Waals surface area (Å²) in [6.07, 6.45) is 2.23. The molecule has 0 aliphatic carbocycles. The standard InChI is InChI=1S/C6H15NO2S2/c1-11(8,9)6-5-10-4-2-3-7/h2-7H2,1H3. The predicted octanol–water partition coefficient (Wildman–Crippen LogP) is 0.113. The van der Waals surface area contributed by atoms with E-state index >= 15 is 0 Å². The number of nitrogens with two attached hydrogens (primary N) is 1. The van der Waals surface area contributed by atoms with E-state index < -0.39 is 9.84 Å². The lowest BCUT2D eigenvalue weighted by Crippen LogP contribution is -2.06. The lowest BCUT2D eigenvalue weighted by molar-refractivity contribution is 0.603. The van der Waals surface area contributed by atoms with Gasteiger partial charge in [-0.15, -0.1) is 0 Å². The Morgan fingerprint density at radius 1 is 1.36 bits per heavy atom. The molecule has 0 aliphatic rings. The fourth-order valence-corrected chi connectivity index (χ4v) is 2.76. The van der Waals surface area contributed by atoms with Gasteiger partial charge in [0.2, 0.25) is 0 Å². The van der Waals surface area contributed by atoms with Gasteiger partial charge >= 0.3 is 0 Å². The van der Waals surface area contributed by atoms with Crippen molar-refractivity contribution >= 4 is 21.6 Å². The Morgan fingerprint density at radius 2 is 2.00 bits per heavy atom. The first kappa shape index (κ1) is 11.3. The predicted molar refractivity (Wildman–Crippen MR) is 50.7 cm³/mol. The van der Waals surface area contributed by atoms with Gasteiger partial charge in [-0.25, -0.2) is 8.42 Å². The number of thioether (sulfide) groups is 1. The first-order valence-corrected chi connectivity index (χ1v) is 6.73. The summed E-state index contributed by atoms with van der Waals surface area (Å²) < 4.78 is 21.3. The van der Waals surface area contributed by atoms with Crippen LogP contribution in [0.1, 0.15) is 6.42 Å². The SMILES string of the molecule is CS(=O)(=O)CCSCCCN. The molecule has 5 heteroatoms. The first-order chi connectivity index (χ1) is 5.06. The van der Waals surface area contributed by atoms with E-state index in [-0.39, 0.29) is 5.75 Å². The Labute approximate surface area is 72.7 Å². The van der Waals surface area contributed by atoms with Gasteiger partial charge in [-0.3, -0.25) is 0 Å². The normalized spacial score (nSPS) is 11.8. The van der Waals surface area contributed by atoms with Crippen LogP contribution in [0.5, 0.6) is 0 Å². The van der Waals surface area contributed by atoms with E-state index in [1.54, 1.807) is 11.8 Å². The van der Waals surface area contributed by atoms with Crippen LogP contribution in [-0.4, -0.2) is 38.5 Å². The Bertz CT molecular complexity index is 177. The van der Waals surface area contributed by atoms with Crippen molar-refractivity contribution in [2.24, 2.45) is 5.73 Å². The highest BCUT2D eigenvalue weighted by Crippen LogP contribution is 2.02. The van der Waals surface area contributed by atoms with E-state index in [1.165, 1.54) is 6.26 Å². The molecule has 0 amide bonds. The van der Waals surface area contributed by atoms with E-state index in [4.69, 9.17) is 5.73 Å². The number of hydrogen-bond donors (Lipinski definition) is 1. The molecule has 0 saturated heterocycles. The van der Waals surface area contributed by atoms with Gasteiger partial charge in [0.05, 0.1) is 5.75 Å². The van der Waals surface area contributed by atoms with E-state index in [0.29, 0.717) is 12.3 Å². The molecule has 0 fully saturated rings. The summed E-state index contributed by atoms with van der Waals surface area (Å²) in [5, 5.41) is 0. The number of hydrogen-bond acceptors (Lipinski definition) is 4. The maximum atomic E-state index is 10.6. The highest BCUT2D eigenvalue weighted by molar-refractivity contribution is 8.00. The summed E-state index contributed by atoms with van der Waals surface area (Å²) in [6, 6.07) is 0. The van der Waals surface area contributed by atoms with Crippen LogP contribution in [0.25, 0.3) is 0 Å². The molecule has 0 unspecified atom stereocenters. The third-order valence-electron chi connectivity index (χ3n) is 1.09. The van der Waals surface area contributed by atoms with Crippen molar-refractivity contribution in [3.05, 3.63) is 0 Å². The molecule has 11 heavy (non-hydrogen) atoms. The third kappa shape index (κ3) is 10.3. The van der Waals surface area contributed by atoms with Crippen LogP contribution in [0.2, 0.25) is 0 Å². The maximum absolute atomic E-state index is 10.6. The summed E-state index contributed by atoms with van der Waals surface area (Å²) in [4.78, 5) is 0. The smallest absolute Gasteiger partial charge is 0.148 e. The Kier molecular flexibility index (Phi) is 5.99. The Morgan fingerprint density at radius 3 is 2.45 bits per heavy atom.